The van der Waals surface area contributed by atoms with Gasteiger partial charge in [-0.25, -0.2) is 0 Å². The fourth-order valence-corrected chi connectivity index (χ4v) is 4.26. The Morgan fingerprint density at radius 2 is 0.690 bits per heavy atom. The summed E-state index contributed by atoms with van der Waals surface area (Å²) in [6, 6.07) is 11.6. The highest BCUT2D eigenvalue weighted by molar-refractivity contribution is 6.01. The number of anilines is 2. The van der Waals surface area contributed by atoms with E-state index in [0.717, 1.165) is 0 Å². The van der Waals surface area contributed by atoms with E-state index in [4.69, 9.17) is 0 Å². The maximum absolute atomic E-state index is 13.2. The summed E-state index contributed by atoms with van der Waals surface area (Å²) in [5, 5.41) is 6.47. The SMILES string of the molecule is FC(F)(F)c1cc(CNc2cccc3c(NCc4cc(C(F)(F)F)cc(C(F)(F)F)c4)cccc23)cc(C(F)(F)F)c1. The van der Waals surface area contributed by atoms with E-state index in [-0.39, 0.29) is 23.3 Å². The van der Waals surface area contributed by atoms with Crippen LogP contribution in [0.5, 0.6) is 0 Å². The van der Waals surface area contributed by atoms with Crippen LogP contribution in [0.3, 0.4) is 0 Å². The number of nitrogens with one attached hydrogen (secondary N) is 2. The molecule has 0 aliphatic heterocycles. The van der Waals surface area contributed by atoms with Crippen LogP contribution in [0.25, 0.3) is 10.8 Å². The van der Waals surface area contributed by atoms with Gasteiger partial charge in [-0.2, -0.15) is 52.7 Å². The zero-order valence-corrected chi connectivity index (χ0v) is 20.9. The molecule has 0 spiro atoms. The lowest BCUT2D eigenvalue weighted by Gasteiger charge is -2.17. The van der Waals surface area contributed by atoms with Crippen molar-refractivity contribution in [1.29, 1.82) is 0 Å². The summed E-state index contributed by atoms with van der Waals surface area (Å²) >= 11 is 0. The molecule has 4 rings (SSSR count). The Morgan fingerprint density at radius 3 is 0.952 bits per heavy atom. The van der Waals surface area contributed by atoms with Crippen LogP contribution < -0.4 is 10.6 Å². The van der Waals surface area contributed by atoms with Crippen LogP contribution in [-0.4, -0.2) is 0 Å². The highest BCUT2D eigenvalue weighted by atomic mass is 19.4. The van der Waals surface area contributed by atoms with Crippen LogP contribution in [-0.2, 0) is 37.8 Å². The second-order valence-corrected chi connectivity index (χ2v) is 9.24. The van der Waals surface area contributed by atoms with Gasteiger partial charge in [-0.05, 0) is 59.7 Å². The van der Waals surface area contributed by atoms with E-state index < -0.39 is 60.0 Å². The normalized spacial score (nSPS) is 13.0. The molecule has 0 heterocycles. The van der Waals surface area contributed by atoms with Gasteiger partial charge >= 0.3 is 24.7 Å². The molecule has 0 aliphatic carbocycles. The summed E-state index contributed by atoms with van der Waals surface area (Å²) < 4.78 is 158. The molecule has 14 heteroatoms. The molecule has 4 aromatic rings. The van der Waals surface area contributed by atoms with E-state index in [2.05, 4.69) is 10.6 Å². The average Bonchev–Trinajstić information content (AvgIpc) is 2.88. The largest absolute Gasteiger partial charge is 0.416 e. The molecule has 0 fully saturated rings. The average molecular weight is 610 g/mol. The van der Waals surface area contributed by atoms with Gasteiger partial charge in [-0.3, -0.25) is 0 Å². The molecule has 42 heavy (non-hydrogen) atoms. The van der Waals surface area contributed by atoms with E-state index in [1.165, 1.54) is 24.3 Å². The molecule has 0 aromatic heterocycles. The minimum Gasteiger partial charge on any atom is -0.380 e. The molecular formula is C28H18F12N2. The van der Waals surface area contributed by atoms with Crippen LogP contribution in [0.1, 0.15) is 33.4 Å². The number of hydrogen-bond donors (Lipinski definition) is 2. The lowest BCUT2D eigenvalue weighted by molar-refractivity contribution is -0.144. The first kappa shape index (κ1) is 30.8. The van der Waals surface area contributed by atoms with Gasteiger partial charge in [0, 0.05) is 35.2 Å². The molecule has 0 radical (unpaired) electrons. The number of benzene rings is 4. The van der Waals surface area contributed by atoms with Crippen molar-refractivity contribution in [1.82, 2.24) is 0 Å². The van der Waals surface area contributed by atoms with Crippen molar-refractivity contribution >= 4 is 22.1 Å². The van der Waals surface area contributed by atoms with E-state index in [1.807, 2.05) is 0 Å². The van der Waals surface area contributed by atoms with Crippen molar-refractivity contribution in [3.63, 3.8) is 0 Å². The van der Waals surface area contributed by atoms with E-state index >= 15 is 0 Å². The molecule has 2 N–H and O–H groups in total. The monoisotopic (exact) mass is 610 g/mol. The van der Waals surface area contributed by atoms with Crippen molar-refractivity contribution < 1.29 is 52.7 Å². The molecule has 0 amide bonds. The first-order valence-electron chi connectivity index (χ1n) is 11.9. The predicted molar refractivity (Wildman–Crippen MR) is 131 cm³/mol. The molecule has 224 valence electrons. The van der Waals surface area contributed by atoms with Gasteiger partial charge in [0.15, 0.2) is 0 Å². The Morgan fingerprint density at radius 1 is 0.405 bits per heavy atom. The molecule has 2 nitrogen and oxygen atoms in total. The van der Waals surface area contributed by atoms with E-state index in [9.17, 15) is 52.7 Å². The minimum absolute atomic E-state index is 0.0153. The minimum atomic E-state index is -5.02. The van der Waals surface area contributed by atoms with Crippen molar-refractivity contribution in [3.05, 3.63) is 106 Å². The van der Waals surface area contributed by atoms with Crippen LogP contribution in [0.2, 0.25) is 0 Å². The first-order chi connectivity index (χ1) is 19.3. The van der Waals surface area contributed by atoms with Crippen molar-refractivity contribution in [2.45, 2.75) is 37.8 Å². The number of hydrogen-bond acceptors (Lipinski definition) is 2. The fourth-order valence-electron chi connectivity index (χ4n) is 4.26. The van der Waals surface area contributed by atoms with Crippen LogP contribution in [0.4, 0.5) is 64.1 Å². The molecule has 0 bridgehead atoms. The summed E-state index contributed by atoms with van der Waals surface area (Å²) in [4.78, 5) is 0. The highest BCUT2D eigenvalue weighted by Crippen LogP contribution is 2.38. The number of rotatable bonds is 6. The summed E-state index contributed by atoms with van der Waals surface area (Å²) in [6.07, 6.45) is -20.1. The summed E-state index contributed by atoms with van der Waals surface area (Å²) in [5.41, 5.74) is -5.87. The highest BCUT2D eigenvalue weighted by Gasteiger charge is 2.38. The quantitative estimate of drug-likeness (QED) is 0.212. The van der Waals surface area contributed by atoms with E-state index in [1.54, 1.807) is 12.1 Å². The molecule has 0 saturated heterocycles. The maximum atomic E-state index is 13.2. The van der Waals surface area contributed by atoms with Crippen molar-refractivity contribution in [2.75, 3.05) is 10.6 Å². The van der Waals surface area contributed by atoms with Crippen molar-refractivity contribution in [2.24, 2.45) is 0 Å². The van der Waals surface area contributed by atoms with Gasteiger partial charge in [0.2, 0.25) is 0 Å². The Labute approximate surface area is 230 Å². The van der Waals surface area contributed by atoms with Crippen LogP contribution >= 0.6 is 0 Å². The third kappa shape index (κ3) is 7.21. The second-order valence-electron chi connectivity index (χ2n) is 9.24. The standard InChI is InChI=1S/C28H18F12N2/c29-25(30,31)17-7-15(8-18(11-17)26(32,33)34)13-41-23-5-1-3-21-22(23)4-2-6-24(21)42-14-16-9-19(27(35,36)37)12-20(10-16)28(38,39)40/h1-12,41-42H,13-14H2. The van der Waals surface area contributed by atoms with Gasteiger partial charge in [-0.15, -0.1) is 0 Å². The smallest absolute Gasteiger partial charge is 0.380 e. The number of halogens is 12. The summed E-state index contributed by atoms with van der Waals surface area (Å²) in [6.45, 7) is -0.845. The Hall–Kier alpha value is -4.10. The van der Waals surface area contributed by atoms with Gasteiger partial charge in [0.25, 0.3) is 0 Å². The fraction of sp³-hybridized carbons (Fsp3) is 0.214. The third-order valence-electron chi connectivity index (χ3n) is 6.18. The molecule has 0 unspecified atom stereocenters. The van der Waals surface area contributed by atoms with Gasteiger partial charge in [-0.1, -0.05) is 24.3 Å². The summed E-state index contributed by atoms with van der Waals surface area (Å²) in [5.74, 6) is 0. The van der Waals surface area contributed by atoms with E-state index in [0.29, 0.717) is 46.4 Å². The Bertz CT molecular complexity index is 1400. The first-order valence-corrected chi connectivity index (χ1v) is 11.9. The van der Waals surface area contributed by atoms with Gasteiger partial charge in [0.1, 0.15) is 0 Å². The lowest BCUT2D eigenvalue weighted by atomic mass is 10.0. The zero-order chi connectivity index (χ0) is 31.1. The predicted octanol–water partition coefficient (Wildman–Crippen LogP) is 10.1. The topological polar surface area (TPSA) is 24.1 Å². The lowest BCUT2D eigenvalue weighted by Crippen LogP contribution is -2.13. The third-order valence-corrected chi connectivity index (χ3v) is 6.18. The Balaban J connectivity index is 1.61. The molecular weight excluding hydrogens is 592 g/mol. The molecule has 0 atom stereocenters. The Kier molecular flexibility index (Phi) is 8.04. The second kappa shape index (κ2) is 11.0. The maximum Gasteiger partial charge on any atom is 0.416 e. The number of alkyl halides is 12. The zero-order valence-electron chi connectivity index (χ0n) is 20.9. The molecule has 0 saturated carbocycles. The van der Waals surface area contributed by atoms with Gasteiger partial charge in [0.05, 0.1) is 22.3 Å². The molecule has 0 aliphatic rings. The van der Waals surface area contributed by atoms with Crippen molar-refractivity contribution in [3.8, 4) is 0 Å². The van der Waals surface area contributed by atoms with Crippen LogP contribution in [0, 0.1) is 0 Å². The van der Waals surface area contributed by atoms with Crippen LogP contribution in [0.15, 0.2) is 72.8 Å². The molecule has 4 aromatic carbocycles. The summed E-state index contributed by atoms with van der Waals surface area (Å²) in [7, 11) is 0. The number of fused-ring (bicyclic) bond motifs is 1. The van der Waals surface area contributed by atoms with Gasteiger partial charge < -0.3 is 10.6 Å².